The Balaban J connectivity index is 1.83. The van der Waals surface area contributed by atoms with Crippen molar-refractivity contribution in [3.63, 3.8) is 0 Å². The topological polar surface area (TPSA) is 67.4 Å². The van der Waals surface area contributed by atoms with E-state index in [1.54, 1.807) is 12.1 Å². The summed E-state index contributed by atoms with van der Waals surface area (Å²) in [7, 11) is 0. The van der Waals surface area contributed by atoms with Crippen LogP contribution in [0.4, 0.5) is 5.69 Å². The Morgan fingerprint density at radius 2 is 2.19 bits per heavy atom. The number of hydrogen-bond acceptors (Lipinski definition) is 4. The first-order valence-electron chi connectivity index (χ1n) is 7.11. The van der Waals surface area contributed by atoms with Crippen molar-refractivity contribution in [2.75, 3.05) is 24.2 Å². The lowest BCUT2D eigenvalue weighted by molar-refractivity contribution is -0.123. The minimum absolute atomic E-state index is 0.0512. The van der Waals surface area contributed by atoms with Crippen LogP contribution in [0.25, 0.3) is 0 Å². The van der Waals surface area contributed by atoms with E-state index in [2.05, 4.69) is 10.6 Å². The molecule has 0 spiro atoms. The Hall–Kier alpha value is -1.69. The number of carbonyl (C=O) groups excluding carboxylic acids is 2. The molecular weight excluding hydrogens is 288 g/mol. The third-order valence-electron chi connectivity index (χ3n) is 2.99. The summed E-state index contributed by atoms with van der Waals surface area (Å²) >= 11 is 1.53. The molecule has 1 saturated heterocycles. The number of thioether (sulfide) groups is 1. The fourth-order valence-electron chi connectivity index (χ4n) is 1.95. The molecule has 0 radical (unpaired) electrons. The van der Waals surface area contributed by atoms with E-state index in [-0.39, 0.29) is 23.5 Å². The number of anilines is 1. The smallest absolute Gasteiger partial charge is 0.233 e. The van der Waals surface area contributed by atoms with Crippen molar-refractivity contribution < 1.29 is 14.3 Å². The molecule has 1 aliphatic heterocycles. The molecular formula is C15H20N2O3S. The van der Waals surface area contributed by atoms with Gasteiger partial charge in [0.15, 0.2) is 0 Å². The van der Waals surface area contributed by atoms with Crippen LogP contribution in [0.3, 0.4) is 0 Å². The molecule has 1 unspecified atom stereocenters. The lowest BCUT2D eigenvalue weighted by Gasteiger charge is -2.20. The lowest BCUT2D eigenvalue weighted by Crippen LogP contribution is -2.40. The molecule has 0 saturated carbocycles. The zero-order chi connectivity index (χ0) is 15.1. The molecule has 1 atom stereocenters. The second-order valence-electron chi connectivity index (χ2n) is 4.78. The molecule has 1 aromatic rings. The number of rotatable bonds is 6. The van der Waals surface area contributed by atoms with E-state index in [1.165, 1.54) is 11.8 Å². The summed E-state index contributed by atoms with van der Waals surface area (Å²) in [6.07, 6.45) is 1.16. The predicted octanol–water partition coefficient (Wildman–Crippen LogP) is 2.04. The van der Waals surface area contributed by atoms with Gasteiger partial charge in [0.2, 0.25) is 11.8 Å². The standard InChI is InChI=1S/C15H20N2O3S/c1-2-8-20-12-5-3-11(4-6-12)17-14(18)10-13-15(19)16-7-9-21-13/h3-6,13H,2,7-10H2,1H3,(H,16,19)(H,17,18). The molecule has 1 heterocycles. The van der Waals surface area contributed by atoms with Gasteiger partial charge in [0.1, 0.15) is 5.75 Å². The normalized spacial score (nSPS) is 18.0. The molecule has 114 valence electrons. The Bertz CT molecular complexity index is 490. The van der Waals surface area contributed by atoms with Crippen LogP contribution in [-0.2, 0) is 9.59 Å². The van der Waals surface area contributed by atoms with Crippen molar-refractivity contribution >= 4 is 29.3 Å². The maximum Gasteiger partial charge on any atom is 0.233 e. The third-order valence-corrected chi connectivity index (χ3v) is 4.22. The molecule has 1 aromatic carbocycles. The highest BCUT2D eigenvalue weighted by molar-refractivity contribution is 8.00. The van der Waals surface area contributed by atoms with Gasteiger partial charge in [-0.25, -0.2) is 0 Å². The fraction of sp³-hybridized carbons (Fsp3) is 0.467. The van der Waals surface area contributed by atoms with Gasteiger partial charge in [-0.1, -0.05) is 6.92 Å². The first-order valence-corrected chi connectivity index (χ1v) is 8.16. The highest BCUT2D eigenvalue weighted by Crippen LogP contribution is 2.20. The van der Waals surface area contributed by atoms with Gasteiger partial charge < -0.3 is 15.4 Å². The average Bonchev–Trinajstić information content (AvgIpc) is 2.49. The van der Waals surface area contributed by atoms with Crippen molar-refractivity contribution in [1.29, 1.82) is 0 Å². The van der Waals surface area contributed by atoms with Crippen LogP contribution >= 0.6 is 11.8 Å². The van der Waals surface area contributed by atoms with E-state index in [0.717, 1.165) is 17.9 Å². The monoisotopic (exact) mass is 308 g/mol. The Morgan fingerprint density at radius 3 is 2.86 bits per heavy atom. The van der Waals surface area contributed by atoms with Gasteiger partial charge in [0.25, 0.3) is 0 Å². The summed E-state index contributed by atoms with van der Waals surface area (Å²) in [5, 5.41) is 5.29. The number of amides is 2. The molecule has 1 fully saturated rings. The lowest BCUT2D eigenvalue weighted by atomic mass is 10.2. The van der Waals surface area contributed by atoms with Gasteiger partial charge >= 0.3 is 0 Å². The maximum absolute atomic E-state index is 11.9. The molecule has 0 aromatic heterocycles. The van der Waals surface area contributed by atoms with Crippen LogP contribution in [0.5, 0.6) is 5.75 Å². The summed E-state index contributed by atoms with van der Waals surface area (Å²) in [6.45, 7) is 3.41. The molecule has 1 aliphatic rings. The van der Waals surface area contributed by atoms with Crippen LogP contribution in [0.2, 0.25) is 0 Å². The predicted molar refractivity (Wildman–Crippen MR) is 84.7 cm³/mol. The Labute approximate surface area is 128 Å². The number of carbonyl (C=O) groups is 2. The Morgan fingerprint density at radius 1 is 1.43 bits per heavy atom. The zero-order valence-electron chi connectivity index (χ0n) is 12.1. The second-order valence-corrected chi connectivity index (χ2v) is 6.09. The first-order chi connectivity index (χ1) is 10.2. The average molecular weight is 308 g/mol. The molecule has 2 amide bonds. The highest BCUT2D eigenvalue weighted by Gasteiger charge is 2.25. The van der Waals surface area contributed by atoms with E-state index in [1.807, 2.05) is 19.1 Å². The van der Waals surface area contributed by atoms with Crippen LogP contribution in [0.1, 0.15) is 19.8 Å². The minimum atomic E-state index is -0.286. The van der Waals surface area contributed by atoms with E-state index >= 15 is 0 Å². The van der Waals surface area contributed by atoms with E-state index in [4.69, 9.17) is 4.74 Å². The molecule has 0 aliphatic carbocycles. The van der Waals surface area contributed by atoms with Gasteiger partial charge in [0.05, 0.1) is 11.9 Å². The number of nitrogens with one attached hydrogen (secondary N) is 2. The summed E-state index contributed by atoms with van der Waals surface area (Å²) < 4.78 is 5.48. The molecule has 21 heavy (non-hydrogen) atoms. The SMILES string of the molecule is CCCOc1ccc(NC(=O)CC2SCCNC2=O)cc1. The summed E-state index contributed by atoms with van der Waals surface area (Å²) in [5.41, 5.74) is 0.713. The molecule has 6 heteroatoms. The van der Waals surface area contributed by atoms with E-state index < -0.39 is 0 Å². The number of ether oxygens (including phenoxy) is 1. The van der Waals surface area contributed by atoms with Gasteiger partial charge in [0, 0.05) is 24.4 Å². The largest absolute Gasteiger partial charge is 0.494 e. The molecule has 2 rings (SSSR count). The minimum Gasteiger partial charge on any atom is -0.494 e. The quantitative estimate of drug-likeness (QED) is 0.844. The van der Waals surface area contributed by atoms with Crippen molar-refractivity contribution in [1.82, 2.24) is 5.32 Å². The number of hydrogen-bond donors (Lipinski definition) is 2. The van der Waals surface area contributed by atoms with Gasteiger partial charge in [-0.15, -0.1) is 11.8 Å². The fourth-order valence-corrected chi connectivity index (χ4v) is 2.96. The van der Waals surface area contributed by atoms with Gasteiger partial charge in [-0.2, -0.15) is 0 Å². The summed E-state index contributed by atoms with van der Waals surface area (Å²) in [4.78, 5) is 23.5. The first kappa shape index (κ1) is 15.7. The Kier molecular flexibility index (Phi) is 5.92. The third kappa shape index (κ3) is 4.97. The molecule has 5 nitrogen and oxygen atoms in total. The second kappa shape index (κ2) is 7.93. The molecule has 2 N–H and O–H groups in total. The highest BCUT2D eigenvalue weighted by atomic mass is 32.2. The van der Waals surface area contributed by atoms with Crippen molar-refractivity contribution in [3.8, 4) is 5.75 Å². The van der Waals surface area contributed by atoms with Crippen LogP contribution < -0.4 is 15.4 Å². The number of benzene rings is 1. The van der Waals surface area contributed by atoms with Gasteiger partial charge in [-0.3, -0.25) is 9.59 Å². The zero-order valence-corrected chi connectivity index (χ0v) is 12.9. The summed E-state index contributed by atoms with van der Waals surface area (Å²) in [6, 6.07) is 7.26. The van der Waals surface area contributed by atoms with Gasteiger partial charge in [-0.05, 0) is 30.7 Å². The maximum atomic E-state index is 11.9. The van der Waals surface area contributed by atoms with Crippen LogP contribution in [0, 0.1) is 0 Å². The van der Waals surface area contributed by atoms with Crippen molar-refractivity contribution in [3.05, 3.63) is 24.3 Å². The van der Waals surface area contributed by atoms with E-state index in [0.29, 0.717) is 18.8 Å². The van der Waals surface area contributed by atoms with Crippen molar-refractivity contribution in [2.24, 2.45) is 0 Å². The molecule has 0 bridgehead atoms. The van der Waals surface area contributed by atoms with Crippen molar-refractivity contribution in [2.45, 2.75) is 25.0 Å². The summed E-state index contributed by atoms with van der Waals surface area (Å²) in [5.74, 6) is 1.45. The van der Waals surface area contributed by atoms with Crippen LogP contribution in [-0.4, -0.2) is 36.0 Å². The van der Waals surface area contributed by atoms with E-state index in [9.17, 15) is 9.59 Å². The van der Waals surface area contributed by atoms with Crippen LogP contribution in [0.15, 0.2) is 24.3 Å².